The number of pyridine rings is 1. The van der Waals surface area contributed by atoms with Gasteiger partial charge in [-0.25, -0.2) is 9.59 Å². The quantitative estimate of drug-likeness (QED) is 0.159. The van der Waals surface area contributed by atoms with Crippen molar-refractivity contribution in [2.24, 2.45) is 5.73 Å². The lowest BCUT2D eigenvalue weighted by Crippen LogP contribution is -2.24. The lowest BCUT2D eigenvalue weighted by Gasteiger charge is -2.17. The molecule has 0 aliphatic rings. The fourth-order valence-electron chi connectivity index (χ4n) is 3.86. The minimum absolute atomic E-state index is 0. The Morgan fingerprint density at radius 1 is 0.776 bits per heavy atom. The monoisotopic (exact) mass is 684 g/mol. The molecule has 1 unspecified atom stereocenters. The van der Waals surface area contributed by atoms with Gasteiger partial charge in [0.1, 0.15) is 13.2 Å². The maximum Gasteiger partial charge on any atom is 0.375 e. The van der Waals surface area contributed by atoms with Gasteiger partial charge in [-0.2, -0.15) is 0 Å². The summed E-state index contributed by atoms with van der Waals surface area (Å²) >= 11 is 0. The summed E-state index contributed by atoms with van der Waals surface area (Å²) in [5.74, 6) is -3.48. The molecule has 4 aromatic rings. The maximum absolute atomic E-state index is 12.0. The molecule has 266 valence electrons. The van der Waals surface area contributed by atoms with Crippen LogP contribution < -0.4 is 26.1 Å². The fourth-order valence-corrected chi connectivity index (χ4v) is 3.86. The van der Waals surface area contributed by atoms with E-state index in [0.29, 0.717) is 13.1 Å². The second-order valence-corrected chi connectivity index (χ2v) is 9.80. The molecule has 4 rings (SSSR count). The Morgan fingerprint density at radius 2 is 1.29 bits per heavy atom. The Kier molecular flexibility index (Phi) is 19.0. The smallest absolute Gasteiger partial charge is 0.375 e. The number of hydrogen-bond acceptors (Lipinski definition) is 11. The summed E-state index contributed by atoms with van der Waals surface area (Å²) < 4.78 is 31.5. The van der Waals surface area contributed by atoms with Crippen LogP contribution in [0.4, 0.5) is 0 Å². The molecule has 2 heterocycles. The third kappa shape index (κ3) is 13.8. The zero-order valence-electron chi connectivity index (χ0n) is 27.1. The lowest BCUT2D eigenvalue weighted by molar-refractivity contribution is -0.0940. The largest absolute Gasteiger partial charge is 0.482 e. The number of hydrogen-bond donors (Lipinski definition) is 3. The lowest BCUT2D eigenvalue weighted by atomic mass is 10.2. The zero-order valence-corrected chi connectivity index (χ0v) is 27.1. The van der Waals surface area contributed by atoms with Crippen LogP contribution in [0.3, 0.4) is 0 Å². The first-order valence-electron chi connectivity index (χ1n) is 14.5. The van der Waals surface area contributed by atoms with Crippen LogP contribution >= 0.6 is 0 Å². The molecule has 14 nitrogen and oxygen atoms in total. The van der Waals surface area contributed by atoms with Gasteiger partial charge >= 0.3 is 11.9 Å². The van der Waals surface area contributed by atoms with Crippen LogP contribution in [0.25, 0.3) is 0 Å². The number of nitrogens with two attached hydrogens (primary N) is 1. The topological polar surface area (TPSA) is 199 Å². The molecule has 2 aromatic heterocycles. The van der Waals surface area contributed by atoms with E-state index in [1.165, 1.54) is 16.8 Å². The van der Waals surface area contributed by atoms with E-state index in [9.17, 15) is 24.3 Å². The predicted octanol–water partition coefficient (Wildman–Crippen LogP) is 4.28. The second kappa shape index (κ2) is 22.3. The highest BCUT2D eigenvalue weighted by Gasteiger charge is 2.21. The van der Waals surface area contributed by atoms with Crippen LogP contribution in [0.1, 0.15) is 46.5 Å². The molecule has 14 heteroatoms. The average Bonchev–Trinajstić information content (AvgIpc) is 3.09. The molecule has 2 aromatic carbocycles. The molecular weight excluding hydrogens is 640 g/mol. The molecule has 0 bridgehead atoms. The average molecular weight is 685 g/mol. The van der Waals surface area contributed by atoms with Crippen molar-refractivity contribution in [3.8, 4) is 11.5 Å². The number of carboxylic acid groups (broad SMARTS) is 2. The Labute approximate surface area is 284 Å². The van der Waals surface area contributed by atoms with Gasteiger partial charge < -0.3 is 48.6 Å². The van der Waals surface area contributed by atoms with Crippen LogP contribution in [0, 0.1) is 0 Å². The van der Waals surface area contributed by atoms with Crippen molar-refractivity contribution in [1.29, 1.82) is 0 Å². The molecular formula is C35H44N2O12. The standard InChI is InChI=1S/C17H19NO5.C13H10O5.C4H11NO2.CH4/c1-12(22-2)10-18-9-8-14(19)16(15(18)17(20)21)23-11-13-6-4-3-5-7-13;14-10-6-7-17-12(13(15)16)11(10)18-8-9-4-2-1-3-5-9;1-6-4(3-5)7-2;/h3-9,12H,10-11H2,1-2H3,(H,20,21);1-7H,8H2,(H,15,16);4H,3,5H2,1-2H3;1H4. The molecule has 0 saturated carbocycles. The predicted molar refractivity (Wildman–Crippen MR) is 181 cm³/mol. The van der Waals surface area contributed by atoms with Gasteiger partial charge in [0, 0.05) is 52.7 Å². The summed E-state index contributed by atoms with van der Waals surface area (Å²) in [7, 11) is 4.66. The SMILES string of the molecule is C.COC(C)Cn1ccc(=O)c(OCc2ccccc2)c1C(=O)O.COC(CN)OC.O=C(O)c1occc(=O)c1OCc1ccccc1. The van der Waals surface area contributed by atoms with Crippen LogP contribution in [-0.4, -0.2) is 67.0 Å². The number of aromatic nitrogens is 1. The van der Waals surface area contributed by atoms with Crippen LogP contribution in [0.2, 0.25) is 0 Å². The first-order valence-corrected chi connectivity index (χ1v) is 14.5. The van der Waals surface area contributed by atoms with E-state index in [1.807, 2.05) is 67.6 Å². The van der Waals surface area contributed by atoms with Crippen molar-refractivity contribution in [2.75, 3.05) is 27.9 Å². The van der Waals surface area contributed by atoms with Gasteiger partial charge in [-0.1, -0.05) is 68.1 Å². The van der Waals surface area contributed by atoms with Crippen molar-refractivity contribution in [3.05, 3.63) is 128 Å². The number of nitrogens with zero attached hydrogens (tertiary/aromatic N) is 1. The van der Waals surface area contributed by atoms with Crippen molar-refractivity contribution >= 4 is 11.9 Å². The van der Waals surface area contributed by atoms with E-state index < -0.39 is 28.6 Å². The van der Waals surface area contributed by atoms with E-state index >= 15 is 0 Å². The number of aromatic carboxylic acids is 2. The minimum atomic E-state index is -1.34. The number of carboxylic acids is 2. The first kappa shape index (κ1) is 41.7. The zero-order chi connectivity index (χ0) is 35.5. The van der Waals surface area contributed by atoms with Crippen LogP contribution in [0.15, 0.2) is 99.3 Å². The summed E-state index contributed by atoms with van der Waals surface area (Å²) in [5.41, 5.74) is 5.68. The number of ether oxygens (including phenoxy) is 5. The molecule has 49 heavy (non-hydrogen) atoms. The first-order chi connectivity index (χ1) is 23.1. The van der Waals surface area contributed by atoms with Gasteiger partial charge in [-0.3, -0.25) is 9.59 Å². The number of benzene rings is 2. The summed E-state index contributed by atoms with van der Waals surface area (Å²) in [6.07, 6.45) is 2.04. The molecule has 4 N–H and O–H groups in total. The van der Waals surface area contributed by atoms with Crippen molar-refractivity contribution in [2.45, 2.75) is 46.5 Å². The van der Waals surface area contributed by atoms with E-state index in [0.717, 1.165) is 23.5 Å². The van der Waals surface area contributed by atoms with Gasteiger partial charge in [-0.15, -0.1) is 0 Å². The van der Waals surface area contributed by atoms with E-state index in [-0.39, 0.29) is 50.2 Å². The summed E-state index contributed by atoms with van der Waals surface area (Å²) in [5, 5.41) is 18.3. The highest BCUT2D eigenvalue weighted by Crippen LogP contribution is 2.17. The molecule has 0 aliphatic heterocycles. The van der Waals surface area contributed by atoms with Gasteiger partial charge in [0.05, 0.1) is 12.4 Å². The van der Waals surface area contributed by atoms with Gasteiger partial charge in [-0.05, 0) is 18.1 Å². The summed E-state index contributed by atoms with van der Waals surface area (Å²) in [6.45, 7) is 2.76. The van der Waals surface area contributed by atoms with Crippen molar-refractivity contribution in [3.63, 3.8) is 0 Å². The van der Waals surface area contributed by atoms with Gasteiger partial charge in [0.25, 0.3) is 5.76 Å². The maximum atomic E-state index is 12.0. The molecule has 0 aliphatic carbocycles. The highest BCUT2D eigenvalue weighted by molar-refractivity contribution is 5.89. The Balaban J connectivity index is 0.000000411. The number of carbonyl (C=O) groups is 2. The third-order valence-electron chi connectivity index (χ3n) is 6.39. The third-order valence-corrected chi connectivity index (χ3v) is 6.39. The van der Waals surface area contributed by atoms with E-state index in [1.54, 1.807) is 21.3 Å². The van der Waals surface area contributed by atoms with Crippen LogP contribution in [0.5, 0.6) is 11.5 Å². The molecule has 1 atom stereocenters. The van der Waals surface area contributed by atoms with Crippen LogP contribution in [-0.2, 0) is 34.0 Å². The molecule has 0 radical (unpaired) electrons. The normalized spacial score (nSPS) is 10.7. The number of methoxy groups -OCH3 is 3. The van der Waals surface area contributed by atoms with E-state index in [2.05, 4.69) is 0 Å². The Hall–Kier alpha value is -5.28. The summed E-state index contributed by atoms with van der Waals surface area (Å²) in [4.78, 5) is 46.0. The van der Waals surface area contributed by atoms with E-state index in [4.69, 9.17) is 38.9 Å². The molecule has 0 amide bonds. The molecule has 0 fully saturated rings. The van der Waals surface area contributed by atoms with Crippen molar-refractivity contribution < 1.29 is 47.9 Å². The Bertz CT molecular complexity index is 1660. The second-order valence-electron chi connectivity index (χ2n) is 9.80. The molecule has 0 spiro atoms. The Morgan fingerprint density at radius 3 is 1.71 bits per heavy atom. The van der Waals surface area contributed by atoms with Crippen molar-refractivity contribution in [1.82, 2.24) is 4.57 Å². The van der Waals surface area contributed by atoms with Gasteiger partial charge in [0.2, 0.25) is 16.6 Å². The highest BCUT2D eigenvalue weighted by atomic mass is 16.7. The minimum Gasteiger partial charge on any atom is -0.482 e. The number of rotatable bonds is 14. The molecule has 0 saturated heterocycles. The summed E-state index contributed by atoms with van der Waals surface area (Å²) in [6, 6.07) is 20.8. The fraction of sp³-hybridized carbons (Fsp3) is 0.314. The van der Waals surface area contributed by atoms with Gasteiger partial charge in [0.15, 0.2) is 17.7 Å².